The SMILES string of the molecule is CCCCc1cc(-c2ccc(OC)cc2)c(-c2c[nH]c3ccccc23)c2[nH]c3ccccc3c12. The number of para-hydroxylation sites is 2. The third kappa shape index (κ3) is 3.28. The lowest BCUT2D eigenvalue weighted by molar-refractivity contribution is 0.415. The molecule has 0 atom stereocenters. The summed E-state index contributed by atoms with van der Waals surface area (Å²) in [6, 6.07) is 28.1. The van der Waals surface area contributed by atoms with Crippen molar-refractivity contribution in [2.24, 2.45) is 0 Å². The summed E-state index contributed by atoms with van der Waals surface area (Å²) in [6.07, 6.45) is 5.56. The molecule has 4 aromatic carbocycles. The van der Waals surface area contributed by atoms with E-state index in [0.29, 0.717) is 0 Å². The molecule has 0 aliphatic carbocycles. The van der Waals surface area contributed by atoms with Crippen LogP contribution in [0.3, 0.4) is 0 Å². The molecule has 3 nitrogen and oxygen atoms in total. The zero-order valence-corrected chi connectivity index (χ0v) is 19.6. The van der Waals surface area contributed by atoms with Crippen LogP contribution in [0.2, 0.25) is 0 Å². The molecule has 0 fully saturated rings. The van der Waals surface area contributed by atoms with Crippen LogP contribution in [0.5, 0.6) is 5.75 Å². The molecule has 0 aliphatic rings. The van der Waals surface area contributed by atoms with Crippen LogP contribution in [0.4, 0.5) is 0 Å². The van der Waals surface area contributed by atoms with Crippen LogP contribution in [-0.4, -0.2) is 17.1 Å². The quantitative estimate of drug-likeness (QED) is 0.266. The van der Waals surface area contributed by atoms with Crippen molar-refractivity contribution in [1.82, 2.24) is 9.97 Å². The summed E-state index contributed by atoms with van der Waals surface area (Å²) in [7, 11) is 1.71. The summed E-state index contributed by atoms with van der Waals surface area (Å²) >= 11 is 0. The van der Waals surface area contributed by atoms with Crippen LogP contribution in [0.1, 0.15) is 25.3 Å². The molecular formula is C31H28N2O. The molecule has 168 valence electrons. The van der Waals surface area contributed by atoms with E-state index in [9.17, 15) is 0 Å². The first-order valence-corrected chi connectivity index (χ1v) is 12.1. The number of aryl methyl sites for hydroxylation is 1. The van der Waals surface area contributed by atoms with Crippen molar-refractivity contribution in [3.8, 4) is 28.0 Å². The number of methoxy groups -OCH3 is 1. The second kappa shape index (κ2) is 8.42. The van der Waals surface area contributed by atoms with Crippen LogP contribution in [-0.2, 0) is 6.42 Å². The lowest BCUT2D eigenvalue weighted by Gasteiger charge is -2.16. The van der Waals surface area contributed by atoms with E-state index < -0.39 is 0 Å². The van der Waals surface area contributed by atoms with Crippen molar-refractivity contribution in [3.63, 3.8) is 0 Å². The van der Waals surface area contributed by atoms with E-state index in [1.54, 1.807) is 7.11 Å². The number of hydrogen-bond donors (Lipinski definition) is 2. The van der Waals surface area contributed by atoms with Crippen LogP contribution in [0.15, 0.2) is 85.1 Å². The van der Waals surface area contributed by atoms with E-state index in [1.165, 1.54) is 67.9 Å². The van der Waals surface area contributed by atoms with E-state index in [4.69, 9.17) is 4.74 Å². The monoisotopic (exact) mass is 444 g/mol. The Morgan fingerprint density at radius 2 is 1.53 bits per heavy atom. The van der Waals surface area contributed by atoms with Crippen LogP contribution in [0, 0.1) is 0 Å². The van der Waals surface area contributed by atoms with Crippen molar-refractivity contribution < 1.29 is 4.74 Å². The summed E-state index contributed by atoms with van der Waals surface area (Å²) in [4.78, 5) is 7.31. The van der Waals surface area contributed by atoms with Gasteiger partial charge in [0.2, 0.25) is 0 Å². The fourth-order valence-electron chi connectivity index (χ4n) is 5.24. The molecule has 0 saturated heterocycles. The Balaban J connectivity index is 1.75. The number of ether oxygens (including phenoxy) is 1. The Labute approximate surface area is 199 Å². The van der Waals surface area contributed by atoms with Crippen molar-refractivity contribution in [3.05, 3.63) is 90.6 Å². The van der Waals surface area contributed by atoms with Gasteiger partial charge in [0.15, 0.2) is 0 Å². The summed E-state index contributed by atoms with van der Waals surface area (Å²) in [6.45, 7) is 2.26. The number of hydrogen-bond acceptors (Lipinski definition) is 1. The van der Waals surface area contributed by atoms with Crippen LogP contribution in [0.25, 0.3) is 55.0 Å². The maximum Gasteiger partial charge on any atom is 0.118 e. The minimum absolute atomic E-state index is 0.871. The molecule has 2 N–H and O–H groups in total. The fourth-order valence-corrected chi connectivity index (χ4v) is 5.24. The smallest absolute Gasteiger partial charge is 0.118 e. The average Bonchev–Trinajstić information content (AvgIpc) is 3.49. The predicted octanol–water partition coefficient (Wildman–Crippen LogP) is 8.49. The first-order chi connectivity index (χ1) is 16.8. The number of unbranched alkanes of at least 4 members (excludes halogenated alkanes) is 1. The normalized spacial score (nSPS) is 11.6. The zero-order valence-electron chi connectivity index (χ0n) is 19.6. The lowest BCUT2D eigenvalue weighted by atomic mass is 9.88. The van der Waals surface area contributed by atoms with Crippen LogP contribution >= 0.6 is 0 Å². The van der Waals surface area contributed by atoms with Gasteiger partial charge in [0.05, 0.1) is 12.6 Å². The lowest BCUT2D eigenvalue weighted by Crippen LogP contribution is -1.94. The Bertz CT molecular complexity index is 1620. The van der Waals surface area contributed by atoms with Crippen molar-refractivity contribution in [2.75, 3.05) is 7.11 Å². The Morgan fingerprint density at radius 3 is 2.29 bits per heavy atom. The number of aromatic amines is 2. The number of rotatable bonds is 6. The van der Waals surface area contributed by atoms with Gasteiger partial charge in [0.25, 0.3) is 0 Å². The molecule has 0 radical (unpaired) electrons. The number of fused-ring (bicyclic) bond motifs is 4. The highest BCUT2D eigenvalue weighted by Crippen LogP contribution is 2.45. The first kappa shape index (κ1) is 20.6. The Hall–Kier alpha value is -3.98. The Kier molecular flexibility index (Phi) is 5.10. The van der Waals surface area contributed by atoms with Gasteiger partial charge in [0, 0.05) is 44.5 Å². The number of aromatic nitrogens is 2. The molecule has 2 aromatic heterocycles. The average molecular weight is 445 g/mol. The zero-order chi connectivity index (χ0) is 23.1. The maximum absolute atomic E-state index is 5.44. The maximum atomic E-state index is 5.44. The summed E-state index contributed by atoms with van der Waals surface area (Å²) in [5.41, 5.74) is 9.86. The van der Waals surface area contributed by atoms with Gasteiger partial charge < -0.3 is 14.7 Å². The highest BCUT2D eigenvalue weighted by atomic mass is 16.5. The van der Waals surface area contributed by atoms with Gasteiger partial charge in [-0.3, -0.25) is 0 Å². The van der Waals surface area contributed by atoms with Crippen molar-refractivity contribution >= 4 is 32.7 Å². The minimum atomic E-state index is 0.871. The summed E-state index contributed by atoms with van der Waals surface area (Å²) in [5, 5.41) is 3.88. The third-order valence-electron chi connectivity index (χ3n) is 6.92. The Morgan fingerprint density at radius 1 is 0.794 bits per heavy atom. The molecule has 0 unspecified atom stereocenters. The number of nitrogens with one attached hydrogen (secondary N) is 2. The van der Waals surface area contributed by atoms with Gasteiger partial charge in [-0.25, -0.2) is 0 Å². The van der Waals surface area contributed by atoms with Gasteiger partial charge >= 0.3 is 0 Å². The van der Waals surface area contributed by atoms with E-state index in [1.807, 2.05) is 0 Å². The van der Waals surface area contributed by atoms with Crippen molar-refractivity contribution in [1.29, 1.82) is 0 Å². The van der Waals surface area contributed by atoms with Crippen molar-refractivity contribution in [2.45, 2.75) is 26.2 Å². The van der Waals surface area contributed by atoms with Crippen LogP contribution < -0.4 is 4.74 Å². The van der Waals surface area contributed by atoms with Gasteiger partial charge in [-0.15, -0.1) is 0 Å². The van der Waals surface area contributed by atoms with E-state index in [2.05, 4.69) is 102 Å². The third-order valence-corrected chi connectivity index (χ3v) is 6.92. The first-order valence-electron chi connectivity index (χ1n) is 12.1. The minimum Gasteiger partial charge on any atom is -0.497 e. The molecule has 0 spiro atoms. The fraction of sp³-hybridized carbons (Fsp3) is 0.161. The highest BCUT2D eigenvalue weighted by molar-refractivity contribution is 6.18. The molecule has 3 heteroatoms. The molecule has 0 bridgehead atoms. The van der Waals surface area contributed by atoms with Gasteiger partial charge in [-0.05, 0) is 59.9 Å². The van der Waals surface area contributed by atoms with Gasteiger partial charge in [-0.1, -0.05) is 61.9 Å². The molecule has 0 aliphatic heterocycles. The summed E-state index contributed by atoms with van der Waals surface area (Å²) in [5.74, 6) is 0.871. The second-order valence-corrected chi connectivity index (χ2v) is 8.96. The molecule has 0 saturated carbocycles. The second-order valence-electron chi connectivity index (χ2n) is 8.96. The largest absolute Gasteiger partial charge is 0.497 e. The molecular weight excluding hydrogens is 416 g/mol. The molecule has 6 rings (SSSR count). The predicted molar refractivity (Wildman–Crippen MR) is 144 cm³/mol. The molecule has 2 heterocycles. The van der Waals surface area contributed by atoms with E-state index in [-0.39, 0.29) is 0 Å². The molecule has 34 heavy (non-hydrogen) atoms. The highest BCUT2D eigenvalue weighted by Gasteiger charge is 2.21. The van der Waals surface area contributed by atoms with E-state index in [0.717, 1.165) is 17.7 Å². The molecule has 6 aromatic rings. The number of benzene rings is 4. The summed E-state index contributed by atoms with van der Waals surface area (Å²) < 4.78 is 5.44. The number of H-pyrrole nitrogens is 2. The van der Waals surface area contributed by atoms with Gasteiger partial charge in [0.1, 0.15) is 5.75 Å². The van der Waals surface area contributed by atoms with Gasteiger partial charge in [-0.2, -0.15) is 0 Å². The van der Waals surface area contributed by atoms with E-state index >= 15 is 0 Å². The molecule has 0 amide bonds. The topological polar surface area (TPSA) is 40.8 Å². The standard InChI is InChI=1S/C31H28N2O/c1-3-4-9-21-18-25(20-14-16-22(34-2)17-15-20)30(26-19-32-27-12-7-5-10-23(26)27)31-29(21)24-11-6-8-13-28(24)33-31/h5-8,10-19,32-33H,3-4,9H2,1-2H3.